The van der Waals surface area contributed by atoms with Gasteiger partial charge in [-0.15, -0.1) is 5.10 Å². The fourth-order valence-corrected chi connectivity index (χ4v) is 3.07. The van der Waals surface area contributed by atoms with Gasteiger partial charge in [-0.2, -0.15) is 4.37 Å². The quantitative estimate of drug-likeness (QED) is 0.844. The third-order valence-electron chi connectivity index (χ3n) is 1.68. The third-order valence-corrected chi connectivity index (χ3v) is 4.16. The first-order valence-electron chi connectivity index (χ1n) is 4.31. The van der Waals surface area contributed by atoms with Crippen molar-refractivity contribution in [1.82, 2.24) is 18.9 Å². The number of nitrogens with zero attached hydrogens (tertiary/aromatic N) is 4. The third kappa shape index (κ3) is 2.64. The molecule has 0 bridgehead atoms. The number of anilines is 1. The molecule has 2 aromatic rings. The Kier molecular flexibility index (Phi) is 3.49. The van der Waals surface area contributed by atoms with Crippen LogP contribution < -0.4 is 5.73 Å². The molecule has 0 spiro atoms. The van der Waals surface area contributed by atoms with Crippen molar-refractivity contribution in [1.29, 1.82) is 0 Å². The molecule has 0 amide bonds. The van der Waals surface area contributed by atoms with Gasteiger partial charge in [-0.25, -0.2) is 4.98 Å². The van der Waals surface area contributed by atoms with Crippen LogP contribution in [0.25, 0.3) is 0 Å². The van der Waals surface area contributed by atoms with Crippen molar-refractivity contribution in [3.63, 3.8) is 0 Å². The predicted molar refractivity (Wildman–Crippen MR) is 63.2 cm³/mol. The number of nitrogen functional groups attached to an aromatic ring is 1. The average Bonchev–Trinajstić information content (AvgIpc) is 2.84. The van der Waals surface area contributed by atoms with Crippen LogP contribution in [0.1, 0.15) is 18.4 Å². The minimum atomic E-state index is 0.683. The summed E-state index contributed by atoms with van der Waals surface area (Å²) in [5.41, 5.74) is 6.52. The molecule has 15 heavy (non-hydrogen) atoms. The van der Waals surface area contributed by atoms with Gasteiger partial charge >= 0.3 is 0 Å². The second-order valence-electron chi connectivity index (χ2n) is 2.70. The molecule has 0 saturated carbocycles. The van der Waals surface area contributed by atoms with Gasteiger partial charge in [0.05, 0.1) is 0 Å². The van der Waals surface area contributed by atoms with Crippen LogP contribution >= 0.6 is 34.8 Å². The summed E-state index contributed by atoms with van der Waals surface area (Å²) in [6.45, 7) is 2.04. The molecule has 0 aliphatic rings. The van der Waals surface area contributed by atoms with Gasteiger partial charge in [-0.05, 0) is 11.5 Å². The van der Waals surface area contributed by atoms with Crippen molar-refractivity contribution in [2.45, 2.75) is 23.4 Å². The Labute approximate surface area is 99.5 Å². The molecule has 0 unspecified atom stereocenters. The van der Waals surface area contributed by atoms with E-state index in [1.165, 1.54) is 23.1 Å². The first-order chi connectivity index (χ1) is 7.29. The highest BCUT2D eigenvalue weighted by Crippen LogP contribution is 2.26. The zero-order chi connectivity index (χ0) is 10.7. The van der Waals surface area contributed by atoms with E-state index < -0.39 is 0 Å². The number of hydrogen-bond acceptors (Lipinski definition) is 8. The van der Waals surface area contributed by atoms with Gasteiger partial charge in [0, 0.05) is 23.7 Å². The maximum atomic E-state index is 5.68. The van der Waals surface area contributed by atoms with Crippen LogP contribution in [0.5, 0.6) is 0 Å². The molecule has 0 atom stereocenters. The van der Waals surface area contributed by atoms with Gasteiger partial charge in [-0.3, -0.25) is 0 Å². The highest BCUT2D eigenvalue weighted by Gasteiger charge is 2.07. The second-order valence-corrected chi connectivity index (χ2v) is 5.46. The van der Waals surface area contributed by atoms with Gasteiger partial charge in [0.25, 0.3) is 0 Å². The van der Waals surface area contributed by atoms with Crippen LogP contribution in [-0.4, -0.2) is 18.9 Å². The topological polar surface area (TPSA) is 77.6 Å². The maximum absolute atomic E-state index is 5.68. The zero-order valence-electron chi connectivity index (χ0n) is 8.01. The molecular weight excluding hydrogens is 250 g/mol. The summed E-state index contributed by atoms with van der Waals surface area (Å²) < 4.78 is 8.94. The summed E-state index contributed by atoms with van der Waals surface area (Å²) in [4.78, 5) is 4.34. The lowest BCUT2D eigenvalue weighted by Gasteiger charge is -1.92. The van der Waals surface area contributed by atoms with E-state index in [1.54, 1.807) is 11.8 Å². The number of nitrogens with two attached hydrogens (primary N) is 1. The Bertz CT molecular complexity index is 437. The fourth-order valence-electron chi connectivity index (χ4n) is 0.886. The predicted octanol–water partition coefficient (Wildman–Crippen LogP) is 1.83. The summed E-state index contributed by atoms with van der Waals surface area (Å²) in [7, 11) is 0. The highest BCUT2D eigenvalue weighted by molar-refractivity contribution is 8.00. The minimum absolute atomic E-state index is 0.683. The van der Waals surface area contributed by atoms with Gasteiger partial charge < -0.3 is 5.73 Å². The lowest BCUT2D eigenvalue weighted by atomic mass is 10.5. The highest BCUT2D eigenvalue weighted by atomic mass is 32.2. The van der Waals surface area contributed by atoms with E-state index in [1.807, 2.05) is 6.92 Å². The summed E-state index contributed by atoms with van der Waals surface area (Å²) in [5, 5.41) is 4.62. The Hall–Kier alpha value is -0.730. The average molecular weight is 259 g/mol. The first-order valence-corrected chi connectivity index (χ1v) is 6.85. The molecular formula is C7H9N5S3. The summed E-state index contributed by atoms with van der Waals surface area (Å²) in [6, 6.07) is 0. The molecule has 0 aliphatic carbocycles. The van der Waals surface area contributed by atoms with Crippen molar-refractivity contribution < 1.29 is 0 Å². The molecule has 2 aromatic heterocycles. The van der Waals surface area contributed by atoms with E-state index in [9.17, 15) is 0 Å². The second kappa shape index (κ2) is 4.86. The van der Waals surface area contributed by atoms with Crippen LogP contribution in [0.3, 0.4) is 0 Å². The minimum Gasteiger partial charge on any atom is -0.388 e. The van der Waals surface area contributed by atoms with E-state index in [-0.39, 0.29) is 0 Å². The van der Waals surface area contributed by atoms with E-state index in [2.05, 4.69) is 18.9 Å². The van der Waals surface area contributed by atoms with Crippen LogP contribution in [0.2, 0.25) is 0 Å². The zero-order valence-corrected chi connectivity index (χ0v) is 10.5. The number of rotatable bonds is 4. The molecule has 5 nitrogen and oxygen atoms in total. The normalized spacial score (nSPS) is 10.7. The van der Waals surface area contributed by atoms with Crippen molar-refractivity contribution >= 4 is 39.8 Å². The molecule has 2 N–H and O–H groups in total. The van der Waals surface area contributed by atoms with Crippen molar-refractivity contribution in [3.8, 4) is 0 Å². The first kappa shape index (κ1) is 10.8. The van der Waals surface area contributed by atoms with Crippen molar-refractivity contribution in [2.24, 2.45) is 0 Å². The molecule has 0 aliphatic heterocycles. The van der Waals surface area contributed by atoms with Crippen LogP contribution in [0, 0.1) is 0 Å². The summed E-state index contributed by atoms with van der Waals surface area (Å²) >= 11 is 4.24. The van der Waals surface area contributed by atoms with Gasteiger partial charge in [0.2, 0.25) is 0 Å². The van der Waals surface area contributed by atoms with E-state index in [4.69, 9.17) is 5.73 Å². The SMILES string of the molecule is CCc1nsc(SCc2nnsc2N)n1. The van der Waals surface area contributed by atoms with E-state index in [0.717, 1.165) is 22.3 Å². The number of thioether (sulfide) groups is 1. The lowest BCUT2D eigenvalue weighted by molar-refractivity contribution is 0.971. The van der Waals surface area contributed by atoms with Crippen LogP contribution in [0.15, 0.2) is 4.34 Å². The molecule has 0 radical (unpaired) electrons. The molecule has 0 aromatic carbocycles. The summed E-state index contributed by atoms with van der Waals surface area (Å²) in [6.07, 6.45) is 0.872. The van der Waals surface area contributed by atoms with Crippen molar-refractivity contribution in [3.05, 3.63) is 11.5 Å². The monoisotopic (exact) mass is 259 g/mol. The standard InChI is InChI=1S/C7H9N5S3/c1-2-5-9-7(15-11-5)13-3-4-6(8)14-12-10-4/h2-3,8H2,1H3. The number of hydrogen-bond donors (Lipinski definition) is 1. The Morgan fingerprint density at radius 1 is 1.40 bits per heavy atom. The Morgan fingerprint density at radius 2 is 2.27 bits per heavy atom. The molecule has 0 saturated heterocycles. The van der Waals surface area contributed by atoms with E-state index in [0.29, 0.717) is 10.8 Å². The lowest BCUT2D eigenvalue weighted by Crippen LogP contribution is -1.88. The van der Waals surface area contributed by atoms with E-state index >= 15 is 0 Å². The Morgan fingerprint density at radius 3 is 2.87 bits per heavy atom. The van der Waals surface area contributed by atoms with Gasteiger partial charge in [-0.1, -0.05) is 23.2 Å². The fraction of sp³-hybridized carbons (Fsp3) is 0.429. The molecule has 2 heterocycles. The van der Waals surface area contributed by atoms with Crippen molar-refractivity contribution in [2.75, 3.05) is 5.73 Å². The number of aryl methyl sites for hydroxylation is 1. The molecule has 8 heteroatoms. The summed E-state index contributed by atoms with van der Waals surface area (Å²) in [5.74, 6) is 1.60. The molecule has 80 valence electrons. The molecule has 2 rings (SSSR count). The smallest absolute Gasteiger partial charge is 0.170 e. The van der Waals surface area contributed by atoms with Crippen LogP contribution in [0.4, 0.5) is 5.00 Å². The maximum Gasteiger partial charge on any atom is 0.170 e. The largest absolute Gasteiger partial charge is 0.388 e. The number of aromatic nitrogens is 4. The Balaban J connectivity index is 1.96. The molecule has 0 fully saturated rings. The van der Waals surface area contributed by atoms with Gasteiger partial charge in [0.1, 0.15) is 16.5 Å². The van der Waals surface area contributed by atoms with Crippen LogP contribution in [-0.2, 0) is 12.2 Å². The van der Waals surface area contributed by atoms with Gasteiger partial charge in [0.15, 0.2) is 4.34 Å².